The lowest BCUT2D eigenvalue weighted by Crippen LogP contribution is -2.09. The van der Waals surface area contributed by atoms with Crippen LogP contribution in [0.25, 0.3) is 0 Å². The summed E-state index contributed by atoms with van der Waals surface area (Å²) in [5, 5.41) is 6.44. The van der Waals surface area contributed by atoms with Crippen LogP contribution in [0.4, 0.5) is 17.6 Å². The van der Waals surface area contributed by atoms with Crippen LogP contribution in [0.15, 0.2) is 18.2 Å². The normalized spacial score (nSPS) is 13.6. The molecule has 0 spiro atoms. The number of anilines is 3. The third-order valence-electron chi connectivity index (χ3n) is 3.31. The number of aromatic nitrogens is 3. The van der Waals surface area contributed by atoms with Gasteiger partial charge in [-0.05, 0) is 31.9 Å². The Balaban J connectivity index is 1.84. The van der Waals surface area contributed by atoms with Crippen LogP contribution >= 0.6 is 0 Å². The van der Waals surface area contributed by atoms with E-state index in [0.717, 1.165) is 11.4 Å². The summed E-state index contributed by atoms with van der Waals surface area (Å²) >= 11 is 0. The largest absolute Gasteiger partial charge is 0.497 e. The van der Waals surface area contributed by atoms with E-state index in [0.29, 0.717) is 29.5 Å². The average Bonchev–Trinajstić information content (AvgIpc) is 3.31. The molecule has 2 aromatic rings. The predicted octanol–water partition coefficient (Wildman–Crippen LogP) is 2.52. The van der Waals surface area contributed by atoms with Gasteiger partial charge in [0.05, 0.1) is 19.9 Å². The van der Waals surface area contributed by atoms with Crippen molar-refractivity contribution in [3.8, 4) is 11.5 Å². The summed E-state index contributed by atoms with van der Waals surface area (Å²) in [7, 11) is 3.23. The number of benzene rings is 1. The van der Waals surface area contributed by atoms with E-state index in [-0.39, 0.29) is 0 Å². The Hall–Kier alpha value is -2.57. The standard InChI is InChI=1S/C15H19N5O2/c1-9-16-14(18-10-4-5-10)20-15(17-9)19-12-7-6-11(21-2)8-13(12)22-3/h6-8,10H,4-5H2,1-3H3,(H2,16,17,18,19,20). The van der Waals surface area contributed by atoms with Crippen molar-refractivity contribution in [1.29, 1.82) is 0 Å². The van der Waals surface area contributed by atoms with Crippen LogP contribution in [0.5, 0.6) is 11.5 Å². The minimum absolute atomic E-state index is 0.485. The smallest absolute Gasteiger partial charge is 0.232 e. The summed E-state index contributed by atoms with van der Waals surface area (Å²) in [4.78, 5) is 13.0. The van der Waals surface area contributed by atoms with Gasteiger partial charge < -0.3 is 20.1 Å². The van der Waals surface area contributed by atoms with Gasteiger partial charge in [0.1, 0.15) is 17.3 Å². The minimum atomic E-state index is 0.485. The molecule has 3 rings (SSSR count). The topological polar surface area (TPSA) is 81.2 Å². The van der Waals surface area contributed by atoms with Gasteiger partial charge in [0.15, 0.2) is 0 Å². The molecule has 0 saturated heterocycles. The highest BCUT2D eigenvalue weighted by Gasteiger charge is 2.22. The van der Waals surface area contributed by atoms with Crippen LogP contribution in [0.3, 0.4) is 0 Å². The summed E-state index contributed by atoms with van der Waals surface area (Å²) in [6.45, 7) is 1.84. The number of nitrogens with zero attached hydrogens (tertiary/aromatic N) is 3. The zero-order valence-corrected chi connectivity index (χ0v) is 12.9. The van der Waals surface area contributed by atoms with Gasteiger partial charge in [-0.1, -0.05) is 0 Å². The van der Waals surface area contributed by atoms with Crippen LogP contribution in [-0.2, 0) is 0 Å². The molecule has 0 atom stereocenters. The van der Waals surface area contributed by atoms with Gasteiger partial charge >= 0.3 is 0 Å². The molecule has 7 heteroatoms. The van der Waals surface area contributed by atoms with Gasteiger partial charge in [-0.2, -0.15) is 15.0 Å². The van der Waals surface area contributed by atoms with Gasteiger partial charge in [0.25, 0.3) is 0 Å². The molecule has 0 amide bonds. The molecule has 116 valence electrons. The zero-order valence-electron chi connectivity index (χ0n) is 12.9. The summed E-state index contributed by atoms with van der Waals surface area (Å²) < 4.78 is 10.6. The first-order chi connectivity index (χ1) is 10.7. The van der Waals surface area contributed by atoms with E-state index in [1.807, 2.05) is 19.1 Å². The molecule has 0 bridgehead atoms. The summed E-state index contributed by atoms with van der Waals surface area (Å²) in [5.74, 6) is 3.14. The number of hydrogen-bond donors (Lipinski definition) is 2. The molecule has 0 unspecified atom stereocenters. The molecule has 22 heavy (non-hydrogen) atoms. The van der Waals surface area contributed by atoms with Crippen LogP contribution in [0.1, 0.15) is 18.7 Å². The van der Waals surface area contributed by atoms with Crippen molar-refractivity contribution in [3.05, 3.63) is 24.0 Å². The van der Waals surface area contributed by atoms with Gasteiger partial charge in [-0.3, -0.25) is 0 Å². The highest BCUT2D eigenvalue weighted by molar-refractivity contribution is 5.64. The summed E-state index contributed by atoms with van der Waals surface area (Å²) in [6, 6.07) is 6.01. The highest BCUT2D eigenvalue weighted by atomic mass is 16.5. The third-order valence-corrected chi connectivity index (χ3v) is 3.31. The number of ether oxygens (including phenoxy) is 2. The van der Waals surface area contributed by atoms with E-state index in [4.69, 9.17) is 9.47 Å². The molecule has 0 aliphatic heterocycles. The molecule has 1 saturated carbocycles. The molecule has 2 N–H and O–H groups in total. The van der Waals surface area contributed by atoms with Crippen molar-refractivity contribution >= 4 is 17.6 Å². The molecule has 1 aromatic carbocycles. The lowest BCUT2D eigenvalue weighted by Gasteiger charge is -2.12. The molecule has 1 aliphatic carbocycles. The van der Waals surface area contributed by atoms with Crippen molar-refractivity contribution < 1.29 is 9.47 Å². The predicted molar refractivity (Wildman–Crippen MR) is 84.0 cm³/mol. The number of aryl methyl sites for hydroxylation is 1. The second-order valence-electron chi connectivity index (χ2n) is 5.14. The molecule has 1 aromatic heterocycles. The first kappa shape index (κ1) is 14.4. The second kappa shape index (κ2) is 6.05. The van der Waals surface area contributed by atoms with Gasteiger partial charge in [0, 0.05) is 12.1 Å². The number of hydrogen-bond acceptors (Lipinski definition) is 7. The van der Waals surface area contributed by atoms with E-state index in [2.05, 4.69) is 25.6 Å². The van der Waals surface area contributed by atoms with Crippen molar-refractivity contribution in [2.75, 3.05) is 24.9 Å². The van der Waals surface area contributed by atoms with Crippen LogP contribution in [0, 0.1) is 6.92 Å². The fourth-order valence-electron chi connectivity index (χ4n) is 2.03. The Morgan fingerprint density at radius 3 is 2.50 bits per heavy atom. The van der Waals surface area contributed by atoms with Gasteiger partial charge in [0.2, 0.25) is 11.9 Å². The third kappa shape index (κ3) is 3.36. The fraction of sp³-hybridized carbons (Fsp3) is 0.400. The SMILES string of the molecule is COc1ccc(Nc2nc(C)nc(NC3CC3)n2)c(OC)c1. The maximum absolute atomic E-state index is 5.37. The Bertz CT molecular complexity index is 673. The van der Waals surface area contributed by atoms with Crippen molar-refractivity contribution in [2.24, 2.45) is 0 Å². The number of methoxy groups -OCH3 is 2. The fourth-order valence-corrected chi connectivity index (χ4v) is 2.03. The minimum Gasteiger partial charge on any atom is -0.497 e. The van der Waals surface area contributed by atoms with E-state index in [1.54, 1.807) is 20.3 Å². The Morgan fingerprint density at radius 1 is 1.05 bits per heavy atom. The van der Waals surface area contributed by atoms with Gasteiger partial charge in [-0.25, -0.2) is 0 Å². The molecule has 7 nitrogen and oxygen atoms in total. The Labute approximate surface area is 129 Å². The van der Waals surface area contributed by atoms with Crippen molar-refractivity contribution in [3.63, 3.8) is 0 Å². The number of nitrogens with one attached hydrogen (secondary N) is 2. The molecular weight excluding hydrogens is 282 g/mol. The van der Waals surface area contributed by atoms with E-state index in [1.165, 1.54) is 12.8 Å². The van der Waals surface area contributed by atoms with Crippen molar-refractivity contribution in [1.82, 2.24) is 15.0 Å². The lowest BCUT2D eigenvalue weighted by atomic mass is 10.2. The summed E-state index contributed by atoms with van der Waals surface area (Å²) in [6.07, 6.45) is 2.33. The molecule has 1 fully saturated rings. The van der Waals surface area contributed by atoms with Crippen LogP contribution in [-0.4, -0.2) is 35.2 Å². The highest BCUT2D eigenvalue weighted by Crippen LogP contribution is 2.31. The van der Waals surface area contributed by atoms with E-state index in [9.17, 15) is 0 Å². The van der Waals surface area contributed by atoms with E-state index < -0.39 is 0 Å². The Kier molecular flexibility index (Phi) is 3.95. The molecule has 1 heterocycles. The zero-order chi connectivity index (χ0) is 15.5. The molecule has 1 aliphatic rings. The Morgan fingerprint density at radius 2 is 1.82 bits per heavy atom. The van der Waals surface area contributed by atoms with Crippen molar-refractivity contribution in [2.45, 2.75) is 25.8 Å². The van der Waals surface area contributed by atoms with E-state index >= 15 is 0 Å². The quantitative estimate of drug-likeness (QED) is 0.848. The monoisotopic (exact) mass is 301 g/mol. The second-order valence-corrected chi connectivity index (χ2v) is 5.14. The molecular formula is C15H19N5O2. The maximum atomic E-state index is 5.37. The maximum Gasteiger partial charge on any atom is 0.232 e. The van der Waals surface area contributed by atoms with Crippen LogP contribution < -0.4 is 20.1 Å². The van der Waals surface area contributed by atoms with Gasteiger partial charge in [-0.15, -0.1) is 0 Å². The molecule has 0 radical (unpaired) electrons. The summed E-state index contributed by atoms with van der Waals surface area (Å²) in [5.41, 5.74) is 0.770. The number of rotatable bonds is 6. The average molecular weight is 301 g/mol. The lowest BCUT2D eigenvalue weighted by molar-refractivity contribution is 0.395. The van der Waals surface area contributed by atoms with Crippen LogP contribution in [0.2, 0.25) is 0 Å². The first-order valence-electron chi connectivity index (χ1n) is 7.16. The first-order valence-corrected chi connectivity index (χ1v) is 7.16.